The number of carbonyl (C=O) groups is 1. The predicted molar refractivity (Wildman–Crippen MR) is 97.4 cm³/mol. The summed E-state index contributed by atoms with van der Waals surface area (Å²) >= 11 is 0. The van der Waals surface area contributed by atoms with Gasteiger partial charge in [-0.05, 0) is 57.0 Å². The third kappa shape index (κ3) is 3.02. The summed E-state index contributed by atoms with van der Waals surface area (Å²) in [5.74, 6) is 0.976. The summed E-state index contributed by atoms with van der Waals surface area (Å²) in [6, 6.07) is 4.48. The molecule has 2 aliphatic rings. The van der Waals surface area contributed by atoms with Crippen molar-refractivity contribution in [3.05, 3.63) is 34.9 Å². The summed E-state index contributed by atoms with van der Waals surface area (Å²) in [6.07, 6.45) is 6.09. The minimum absolute atomic E-state index is 0.154. The van der Waals surface area contributed by atoms with Gasteiger partial charge >= 0.3 is 6.03 Å². The van der Waals surface area contributed by atoms with Crippen molar-refractivity contribution in [2.24, 2.45) is 0 Å². The molecule has 2 heterocycles. The summed E-state index contributed by atoms with van der Waals surface area (Å²) in [7, 11) is 0. The van der Waals surface area contributed by atoms with E-state index in [9.17, 15) is 4.79 Å². The molecule has 2 amide bonds. The molecule has 0 unspecified atom stereocenters. The second-order valence-corrected chi connectivity index (χ2v) is 6.92. The van der Waals surface area contributed by atoms with Crippen LogP contribution in [0.15, 0.2) is 18.2 Å². The zero-order chi connectivity index (χ0) is 17.3. The van der Waals surface area contributed by atoms with Gasteiger partial charge in [0.25, 0.3) is 0 Å². The van der Waals surface area contributed by atoms with Crippen molar-refractivity contribution < 1.29 is 9.53 Å². The summed E-state index contributed by atoms with van der Waals surface area (Å²) in [4.78, 5) is 16.4. The topological polar surface area (TPSA) is 32.8 Å². The third-order valence-corrected chi connectivity index (χ3v) is 5.42. The van der Waals surface area contributed by atoms with E-state index in [2.05, 4.69) is 38.1 Å². The lowest BCUT2D eigenvalue weighted by atomic mass is 9.87. The van der Waals surface area contributed by atoms with Crippen LogP contribution in [0.2, 0.25) is 0 Å². The molecule has 0 atom stereocenters. The maximum Gasteiger partial charge on any atom is 0.319 e. The lowest BCUT2D eigenvalue weighted by Crippen LogP contribution is -2.52. The van der Waals surface area contributed by atoms with Gasteiger partial charge < -0.3 is 14.5 Å². The molecule has 1 fully saturated rings. The molecular formula is C20H28N2O2. The van der Waals surface area contributed by atoms with E-state index in [1.807, 2.05) is 23.6 Å². The fourth-order valence-electron chi connectivity index (χ4n) is 3.56. The van der Waals surface area contributed by atoms with Crippen molar-refractivity contribution in [2.45, 2.75) is 46.1 Å². The highest BCUT2D eigenvalue weighted by Crippen LogP contribution is 2.38. The van der Waals surface area contributed by atoms with Crippen LogP contribution in [0.5, 0.6) is 5.75 Å². The Morgan fingerprint density at radius 3 is 2.42 bits per heavy atom. The number of aryl methyl sites for hydroxylation is 2. The summed E-state index contributed by atoms with van der Waals surface area (Å²) in [5.41, 5.74) is 3.45. The fraction of sp³-hybridized carbons (Fsp3) is 0.550. The molecule has 0 aliphatic carbocycles. The van der Waals surface area contributed by atoms with E-state index in [1.54, 1.807) is 0 Å². The number of rotatable bonds is 2. The molecular weight excluding hydrogens is 300 g/mol. The van der Waals surface area contributed by atoms with Crippen LogP contribution in [-0.2, 0) is 0 Å². The molecule has 2 aliphatic heterocycles. The number of hydrogen-bond acceptors (Lipinski definition) is 2. The number of amides is 2. The second-order valence-electron chi connectivity index (χ2n) is 6.92. The molecule has 24 heavy (non-hydrogen) atoms. The lowest BCUT2D eigenvalue weighted by Gasteiger charge is -2.43. The van der Waals surface area contributed by atoms with Crippen LogP contribution in [0.3, 0.4) is 0 Å². The Morgan fingerprint density at radius 2 is 1.79 bits per heavy atom. The van der Waals surface area contributed by atoms with Crippen LogP contribution < -0.4 is 4.74 Å². The van der Waals surface area contributed by atoms with Crippen molar-refractivity contribution in [1.82, 2.24) is 9.80 Å². The van der Waals surface area contributed by atoms with Crippen LogP contribution in [0.25, 0.3) is 6.08 Å². The van der Waals surface area contributed by atoms with Gasteiger partial charge in [0.1, 0.15) is 11.4 Å². The van der Waals surface area contributed by atoms with E-state index in [0.717, 1.165) is 50.3 Å². The quantitative estimate of drug-likeness (QED) is 0.822. The molecule has 0 N–H and O–H groups in total. The molecule has 1 saturated heterocycles. The van der Waals surface area contributed by atoms with Gasteiger partial charge in [0.2, 0.25) is 0 Å². The average Bonchev–Trinajstić information content (AvgIpc) is 2.58. The SMILES string of the molecule is CCN(CC)C(=O)N1CCC2(C=Cc3cc(C)c(C)cc3O2)CC1. The number of benzene rings is 1. The van der Waals surface area contributed by atoms with Crippen molar-refractivity contribution >= 4 is 12.1 Å². The first kappa shape index (κ1) is 16.9. The van der Waals surface area contributed by atoms with Gasteiger partial charge in [-0.15, -0.1) is 0 Å². The van der Waals surface area contributed by atoms with Gasteiger partial charge in [0.05, 0.1) is 0 Å². The number of nitrogens with zero attached hydrogens (tertiary/aromatic N) is 2. The Hall–Kier alpha value is -1.97. The van der Waals surface area contributed by atoms with Gasteiger partial charge in [-0.25, -0.2) is 4.79 Å². The van der Waals surface area contributed by atoms with E-state index >= 15 is 0 Å². The summed E-state index contributed by atoms with van der Waals surface area (Å²) in [6.45, 7) is 11.3. The van der Waals surface area contributed by atoms with Crippen LogP contribution in [-0.4, -0.2) is 47.6 Å². The maximum absolute atomic E-state index is 12.5. The molecule has 4 nitrogen and oxygen atoms in total. The molecule has 0 bridgehead atoms. The number of likely N-dealkylation sites (tertiary alicyclic amines) is 1. The maximum atomic E-state index is 12.5. The number of fused-ring (bicyclic) bond motifs is 1. The largest absolute Gasteiger partial charge is 0.482 e. The Labute approximate surface area is 145 Å². The molecule has 1 aromatic rings. The van der Waals surface area contributed by atoms with Crippen molar-refractivity contribution in [3.8, 4) is 5.75 Å². The van der Waals surface area contributed by atoms with E-state index in [4.69, 9.17) is 4.74 Å². The van der Waals surface area contributed by atoms with E-state index < -0.39 is 0 Å². The van der Waals surface area contributed by atoms with Crippen molar-refractivity contribution in [2.75, 3.05) is 26.2 Å². The molecule has 1 spiro atoms. The second kappa shape index (κ2) is 6.50. The highest BCUT2D eigenvalue weighted by molar-refractivity contribution is 5.74. The molecule has 3 rings (SSSR count). The molecule has 4 heteroatoms. The standard InChI is InChI=1S/C20H28N2O2/c1-5-21(6-2)19(23)22-11-9-20(10-12-22)8-7-17-13-15(3)16(4)14-18(17)24-20/h7-8,13-14H,5-6,9-12H2,1-4H3. The van der Waals surface area contributed by atoms with Crippen molar-refractivity contribution in [1.29, 1.82) is 0 Å². The van der Waals surface area contributed by atoms with Crippen LogP contribution >= 0.6 is 0 Å². The van der Waals surface area contributed by atoms with Gasteiger partial charge in [-0.1, -0.05) is 6.08 Å². The van der Waals surface area contributed by atoms with E-state index in [0.29, 0.717) is 0 Å². The summed E-state index contributed by atoms with van der Waals surface area (Å²) < 4.78 is 6.40. The number of carbonyl (C=O) groups excluding carboxylic acids is 1. The number of urea groups is 1. The van der Waals surface area contributed by atoms with Gasteiger partial charge in [0.15, 0.2) is 0 Å². The Morgan fingerprint density at radius 1 is 1.17 bits per heavy atom. The van der Waals surface area contributed by atoms with E-state index in [-0.39, 0.29) is 11.6 Å². The zero-order valence-corrected chi connectivity index (χ0v) is 15.3. The molecule has 0 aromatic heterocycles. The number of ether oxygens (including phenoxy) is 1. The normalized spacial score (nSPS) is 18.2. The molecule has 0 saturated carbocycles. The van der Waals surface area contributed by atoms with Crippen LogP contribution in [0.4, 0.5) is 4.79 Å². The highest BCUT2D eigenvalue weighted by atomic mass is 16.5. The summed E-state index contributed by atoms with van der Waals surface area (Å²) in [5, 5.41) is 0. The minimum Gasteiger partial charge on any atom is -0.482 e. The first-order valence-corrected chi connectivity index (χ1v) is 9.01. The minimum atomic E-state index is -0.255. The first-order chi connectivity index (χ1) is 11.5. The Kier molecular flexibility index (Phi) is 4.57. The van der Waals surface area contributed by atoms with Crippen LogP contribution in [0, 0.1) is 13.8 Å². The molecule has 1 aromatic carbocycles. The van der Waals surface area contributed by atoms with Crippen LogP contribution in [0.1, 0.15) is 43.4 Å². The molecule has 0 radical (unpaired) electrons. The smallest absolute Gasteiger partial charge is 0.319 e. The zero-order valence-electron chi connectivity index (χ0n) is 15.3. The monoisotopic (exact) mass is 328 g/mol. The predicted octanol–water partition coefficient (Wildman–Crippen LogP) is 4.01. The van der Waals surface area contributed by atoms with Gasteiger partial charge in [0, 0.05) is 44.6 Å². The first-order valence-electron chi connectivity index (χ1n) is 9.01. The fourth-order valence-corrected chi connectivity index (χ4v) is 3.56. The highest BCUT2D eigenvalue weighted by Gasteiger charge is 2.38. The van der Waals surface area contributed by atoms with Gasteiger partial charge in [-0.3, -0.25) is 0 Å². The molecule has 130 valence electrons. The van der Waals surface area contributed by atoms with Gasteiger partial charge in [-0.2, -0.15) is 0 Å². The lowest BCUT2D eigenvalue weighted by molar-refractivity contribution is 0.0435. The number of hydrogen-bond donors (Lipinski definition) is 0. The van der Waals surface area contributed by atoms with Crippen molar-refractivity contribution in [3.63, 3.8) is 0 Å². The number of piperidine rings is 1. The van der Waals surface area contributed by atoms with E-state index in [1.165, 1.54) is 11.1 Å². The Balaban J connectivity index is 1.71. The third-order valence-electron chi connectivity index (χ3n) is 5.42. The Bertz CT molecular complexity index is 654. The average molecular weight is 328 g/mol.